The zero-order valence-corrected chi connectivity index (χ0v) is 21.2. The van der Waals surface area contributed by atoms with Gasteiger partial charge in [0, 0.05) is 12.3 Å². The molecule has 198 valence electrons. The van der Waals surface area contributed by atoms with Crippen molar-refractivity contribution in [3.63, 3.8) is 0 Å². The monoisotopic (exact) mass is 520 g/mol. The van der Waals surface area contributed by atoms with Gasteiger partial charge in [0.25, 0.3) is 0 Å². The van der Waals surface area contributed by atoms with Gasteiger partial charge in [0.2, 0.25) is 11.8 Å². The fourth-order valence-electron chi connectivity index (χ4n) is 5.09. The number of Topliss-reactive ketones (excluding diaryl/α,β-unsaturated/α-hetero) is 1. The van der Waals surface area contributed by atoms with Crippen LogP contribution in [-0.4, -0.2) is 42.5 Å². The first kappa shape index (κ1) is 26.8. The zero-order valence-electron chi connectivity index (χ0n) is 21.2. The maximum Gasteiger partial charge on any atom is 0.235 e. The number of carbonyl (C=O) groups excluding carboxylic acids is 3. The Kier molecular flexibility index (Phi) is 7.78. The molecule has 0 heterocycles. The lowest BCUT2D eigenvalue weighted by Crippen LogP contribution is -2.56. The van der Waals surface area contributed by atoms with Gasteiger partial charge in [-0.25, -0.2) is 4.39 Å². The number of benzene rings is 3. The van der Waals surface area contributed by atoms with Crippen molar-refractivity contribution in [2.24, 2.45) is 11.8 Å². The number of ketones is 1. The van der Waals surface area contributed by atoms with E-state index >= 15 is 0 Å². The lowest BCUT2D eigenvalue weighted by atomic mass is 9.61. The third kappa shape index (κ3) is 5.38. The van der Waals surface area contributed by atoms with E-state index in [0.717, 1.165) is 0 Å². The lowest BCUT2D eigenvalue weighted by Gasteiger charge is -2.44. The molecule has 0 bridgehead atoms. The van der Waals surface area contributed by atoms with E-state index < -0.39 is 53.2 Å². The number of rotatable bonds is 7. The van der Waals surface area contributed by atoms with E-state index in [1.165, 1.54) is 45.4 Å². The molecule has 4 atom stereocenters. The molecule has 1 saturated carbocycles. The van der Waals surface area contributed by atoms with Crippen LogP contribution in [0.4, 0.5) is 15.8 Å². The van der Waals surface area contributed by atoms with Crippen LogP contribution in [0, 0.1) is 17.7 Å². The van der Waals surface area contributed by atoms with Gasteiger partial charge in [0.1, 0.15) is 29.0 Å². The van der Waals surface area contributed by atoms with Crippen LogP contribution >= 0.6 is 0 Å². The minimum atomic E-state index is -1.80. The highest BCUT2D eigenvalue weighted by atomic mass is 19.1. The summed E-state index contributed by atoms with van der Waals surface area (Å²) in [7, 11) is 2.91. The first-order valence-corrected chi connectivity index (χ1v) is 12.0. The molecule has 1 aliphatic carbocycles. The predicted molar refractivity (Wildman–Crippen MR) is 140 cm³/mol. The number of methoxy groups -OCH3 is 2. The number of nitrogens with one attached hydrogen (secondary N) is 2. The molecule has 0 aliphatic heterocycles. The number of carbonyl (C=O) groups is 3. The van der Waals surface area contributed by atoms with Crippen LogP contribution in [0.25, 0.3) is 0 Å². The normalized spacial score (nSPS) is 22.9. The maximum atomic E-state index is 13.8. The molecule has 3 N–H and O–H groups in total. The summed E-state index contributed by atoms with van der Waals surface area (Å²) in [6.45, 7) is 1.39. The smallest absolute Gasteiger partial charge is 0.235 e. The van der Waals surface area contributed by atoms with Gasteiger partial charge in [-0.15, -0.1) is 0 Å². The maximum absolute atomic E-state index is 13.8. The molecule has 3 aromatic rings. The second-order valence-electron chi connectivity index (χ2n) is 9.41. The summed E-state index contributed by atoms with van der Waals surface area (Å²) in [6, 6.07) is 18.7. The minimum absolute atomic E-state index is 0.345. The lowest BCUT2D eigenvalue weighted by molar-refractivity contribution is -0.150. The summed E-state index contributed by atoms with van der Waals surface area (Å²) < 4.78 is 24.5. The van der Waals surface area contributed by atoms with E-state index in [9.17, 15) is 23.9 Å². The topological polar surface area (TPSA) is 114 Å². The van der Waals surface area contributed by atoms with Crippen molar-refractivity contribution in [3.8, 4) is 11.5 Å². The molecular weight excluding hydrogens is 491 g/mol. The van der Waals surface area contributed by atoms with Gasteiger partial charge in [-0.3, -0.25) is 14.4 Å². The summed E-state index contributed by atoms with van der Waals surface area (Å²) in [6.07, 6.45) is -0.432. The van der Waals surface area contributed by atoms with Crippen molar-refractivity contribution >= 4 is 29.0 Å². The highest BCUT2D eigenvalue weighted by molar-refractivity contribution is 6.11. The Hall–Kier alpha value is -4.24. The van der Waals surface area contributed by atoms with Crippen LogP contribution in [0.5, 0.6) is 11.5 Å². The van der Waals surface area contributed by atoms with Crippen LogP contribution < -0.4 is 20.1 Å². The number of hydrogen-bond acceptors (Lipinski definition) is 6. The summed E-state index contributed by atoms with van der Waals surface area (Å²) in [5.41, 5.74) is -0.734. The van der Waals surface area contributed by atoms with Gasteiger partial charge in [-0.05, 0) is 48.9 Å². The van der Waals surface area contributed by atoms with Gasteiger partial charge in [-0.1, -0.05) is 36.4 Å². The van der Waals surface area contributed by atoms with Crippen molar-refractivity contribution in [2.75, 3.05) is 24.9 Å². The van der Waals surface area contributed by atoms with Crippen molar-refractivity contribution < 1.29 is 33.4 Å². The average molecular weight is 521 g/mol. The molecule has 38 heavy (non-hydrogen) atoms. The number of para-hydroxylation sites is 4. The van der Waals surface area contributed by atoms with Gasteiger partial charge >= 0.3 is 0 Å². The van der Waals surface area contributed by atoms with Crippen molar-refractivity contribution in [1.29, 1.82) is 0 Å². The predicted octanol–water partition coefficient (Wildman–Crippen LogP) is 4.16. The Balaban J connectivity index is 1.78. The SMILES string of the molecule is COc1ccccc1NC(=O)C1C(=O)CC(C)(O)C(C(=O)Nc2ccccc2OC)C1c1ccc(F)cc1. The highest BCUT2D eigenvalue weighted by Crippen LogP contribution is 2.47. The number of ether oxygens (including phenoxy) is 2. The molecule has 2 amide bonds. The first-order valence-electron chi connectivity index (χ1n) is 12.0. The van der Waals surface area contributed by atoms with Gasteiger partial charge in [0.05, 0.1) is 37.1 Å². The van der Waals surface area contributed by atoms with E-state index in [1.807, 2.05) is 0 Å². The Morgan fingerprint density at radius 2 is 1.37 bits per heavy atom. The van der Waals surface area contributed by atoms with Crippen LogP contribution in [0.2, 0.25) is 0 Å². The Morgan fingerprint density at radius 3 is 1.89 bits per heavy atom. The van der Waals surface area contributed by atoms with Gasteiger partial charge in [-0.2, -0.15) is 0 Å². The van der Waals surface area contributed by atoms with Crippen molar-refractivity contribution in [2.45, 2.75) is 24.9 Å². The second kappa shape index (κ2) is 11.0. The molecule has 8 nitrogen and oxygen atoms in total. The summed E-state index contributed by atoms with van der Waals surface area (Å²) in [5, 5.41) is 16.9. The standard InChI is InChI=1S/C29H29FN2O6/c1-29(36)16-21(33)25(27(34)31-19-8-4-6-10-22(19)37-2)24(17-12-14-18(30)15-13-17)26(29)28(35)32-20-9-5-7-11-23(20)38-3/h4-15,24-26,36H,16H2,1-3H3,(H,31,34)(H,32,35). The largest absolute Gasteiger partial charge is 0.495 e. The summed E-state index contributed by atoms with van der Waals surface area (Å²) >= 11 is 0. The quantitative estimate of drug-likeness (QED) is 0.403. The molecule has 0 aromatic heterocycles. The fourth-order valence-corrected chi connectivity index (χ4v) is 5.09. The van der Waals surface area contributed by atoms with E-state index in [2.05, 4.69) is 10.6 Å². The van der Waals surface area contributed by atoms with Gasteiger partial charge < -0.3 is 25.2 Å². The van der Waals surface area contributed by atoms with E-state index in [4.69, 9.17) is 9.47 Å². The molecular formula is C29H29FN2O6. The zero-order chi connectivity index (χ0) is 27.4. The molecule has 0 saturated heterocycles. The minimum Gasteiger partial charge on any atom is -0.495 e. The molecule has 4 rings (SSSR count). The number of aliphatic hydroxyl groups is 1. The van der Waals surface area contributed by atoms with E-state index in [1.54, 1.807) is 48.5 Å². The number of amides is 2. The third-order valence-corrected chi connectivity index (χ3v) is 6.82. The Labute approximate surface area is 219 Å². The first-order chi connectivity index (χ1) is 18.2. The molecule has 3 aromatic carbocycles. The third-order valence-electron chi connectivity index (χ3n) is 6.82. The Morgan fingerprint density at radius 1 is 0.868 bits per heavy atom. The van der Waals surface area contributed by atoms with Crippen LogP contribution in [0.15, 0.2) is 72.8 Å². The van der Waals surface area contributed by atoms with Crippen molar-refractivity contribution in [3.05, 3.63) is 84.2 Å². The van der Waals surface area contributed by atoms with E-state index in [0.29, 0.717) is 28.4 Å². The molecule has 1 aliphatic rings. The molecule has 1 fully saturated rings. The van der Waals surface area contributed by atoms with E-state index in [-0.39, 0.29) is 0 Å². The van der Waals surface area contributed by atoms with Crippen LogP contribution in [0.3, 0.4) is 0 Å². The number of halogens is 1. The number of hydrogen-bond donors (Lipinski definition) is 3. The molecule has 0 spiro atoms. The fraction of sp³-hybridized carbons (Fsp3) is 0.276. The van der Waals surface area contributed by atoms with Crippen LogP contribution in [-0.2, 0) is 14.4 Å². The average Bonchev–Trinajstić information content (AvgIpc) is 2.88. The second-order valence-corrected chi connectivity index (χ2v) is 9.41. The highest BCUT2D eigenvalue weighted by Gasteiger charge is 2.56. The Bertz CT molecular complexity index is 1340. The summed E-state index contributed by atoms with van der Waals surface area (Å²) in [4.78, 5) is 40.8. The molecule has 9 heteroatoms. The molecule has 0 radical (unpaired) electrons. The van der Waals surface area contributed by atoms with Gasteiger partial charge in [0.15, 0.2) is 0 Å². The molecule has 4 unspecified atom stereocenters. The van der Waals surface area contributed by atoms with Crippen molar-refractivity contribution in [1.82, 2.24) is 0 Å². The number of anilines is 2. The summed E-state index contributed by atoms with van der Waals surface area (Å²) in [5.74, 6) is -5.25. The van der Waals surface area contributed by atoms with Crippen LogP contribution in [0.1, 0.15) is 24.8 Å².